The minimum atomic E-state index is -0.0576. The van der Waals surface area contributed by atoms with Crippen LogP contribution in [0, 0.1) is 22.7 Å². The van der Waals surface area contributed by atoms with E-state index in [0.717, 1.165) is 43.9 Å². The number of rotatable bonds is 15. The molecule has 1 heteroatoms. The highest BCUT2D eigenvalue weighted by Gasteiger charge is 2.35. The summed E-state index contributed by atoms with van der Waals surface area (Å²) >= 11 is 0. The number of hydrogen-bond donors (Lipinski definition) is 0. The van der Waals surface area contributed by atoms with Crippen LogP contribution in [0.3, 0.4) is 0 Å². The maximum Gasteiger partial charge on any atom is 0.0689 e. The van der Waals surface area contributed by atoms with Gasteiger partial charge >= 0.3 is 0 Å². The zero-order chi connectivity index (χ0) is 28.0. The summed E-state index contributed by atoms with van der Waals surface area (Å²) in [7, 11) is 0. The van der Waals surface area contributed by atoms with Crippen LogP contribution in [0.5, 0.6) is 0 Å². The molecule has 0 spiro atoms. The van der Waals surface area contributed by atoms with Crippen LogP contribution >= 0.6 is 0 Å². The minimum absolute atomic E-state index is 0.0576. The van der Waals surface area contributed by atoms with Crippen molar-refractivity contribution in [1.82, 2.24) is 0 Å². The van der Waals surface area contributed by atoms with Gasteiger partial charge in [0.15, 0.2) is 0 Å². The Kier molecular flexibility index (Phi) is 12.7. The van der Waals surface area contributed by atoms with Crippen molar-refractivity contribution in [1.29, 1.82) is 5.26 Å². The van der Waals surface area contributed by atoms with E-state index in [1.165, 1.54) is 113 Å². The Bertz CT molecular complexity index is 994. The maximum atomic E-state index is 9.98. The first kappa shape index (κ1) is 30.9. The zero-order valence-electron chi connectivity index (χ0n) is 25.9. The topological polar surface area (TPSA) is 23.8 Å². The summed E-state index contributed by atoms with van der Waals surface area (Å²) in [5.41, 5.74) is 5.63. The van der Waals surface area contributed by atoms with Gasteiger partial charge in [-0.05, 0) is 97.8 Å². The lowest BCUT2D eigenvalue weighted by atomic mass is 9.67. The molecular weight excluding hydrogens is 482 g/mol. The first-order valence-electron chi connectivity index (χ1n) is 17.3. The molecule has 0 aliphatic heterocycles. The molecule has 0 radical (unpaired) electrons. The summed E-state index contributed by atoms with van der Waals surface area (Å²) in [5, 5.41) is 9.98. The van der Waals surface area contributed by atoms with Gasteiger partial charge in [-0.2, -0.15) is 5.26 Å². The molecule has 0 unspecified atom stereocenters. The van der Waals surface area contributed by atoms with Gasteiger partial charge in [0.1, 0.15) is 0 Å². The van der Waals surface area contributed by atoms with Gasteiger partial charge in [-0.1, -0.05) is 133 Å². The molecule has 2 aliphatic rings. The molecule has 4 rings (SSSR count). The van der Waals surface area contributed by atoms with Crippen LogP contribution < -0.4 is 0 Å². The van der Waals surface area contributed by atoms with Crippen molar-refractivity contribution >= 4 is 0 Å². The number of hydrogen-bond acceptors (Lipinski definition) is 1. The molecule has 0 heterocycles. The third-order valence-corrected chi connectivity index (χ3v) is 10.6. The molecule has 2 aromatic carbocycles. The van der Waals surface area contributed by atoms with Crippen LogP contribution in [0.2, 0.25) is 0 Å². The minimum Gasteiger partial charge on any atom is -0.198 e. The number of nitriles is 1. The monoisotopic (exact) mass is 539 g/mol. The van der Waals surface area contributed by atoms with Gasteiger partial charge in [-0.15, -0.1) is 0 Å². The number of unbranched alkanes of at least 4 members (excludes halogenated alkanes) is 8. The molecule has 2 fully saturated rings. The average Bonchev–Trinajstić information content (AvgIpc) is 3.02. The molecule has 0 amide bonds. The first-order valence-corrected chi connectivity index (χ1v) is 17.3. The largest absolute Gasteiger partial charge is 0.198 e. The van der Waals surface area contributed by atoms with Crippen molar-refractivity contribution in [3.05, 3.63) is 59.7 Å². The van der Waals surface area contributed by atoms with Gasteiger partial charge in [0.2, 0.25) is 0 Å². The van der Waals surface area contributed by atoms with E-state index in [1.807, 2.05) is 0 Å². The zero-order valence-corrected chi connectivity index (χ0v) is 25.9. The van der Waals surface area contributed by atoms with Crippen molar-refractivity contribution < 1.29 is 0 Å². The van der Waals surface area contributed by atoms with Gasteiger partial charge in [0.25, 0.3) is 0 Å². The fourth-order valence-corrected chi connectivity index (χ4v) is 7.70. The van der Waals surface area contributed by atoms with E-state index in [0.29, 0.717) is 5.92 Å². The Morgan fingerprint density at radius 2 is 1.07 bits per heavy atom. The average molecular weight is 540 g/mol. The second-order valence-corrected chi connectivity index (χ2v) is 13.5. The lowest BCUT2D eigenvalue weighted by Crippen LogP contribution is -2.25. The highest BCUT2D eigenvalue weighted by Crippen LogP contribution is 2.46. The van der Waals surface area contributed by atoms with Crippen molar-refractivity contribution in [3.8, 4) is 17.2 Å². The fourth-order valence-electron chi connectivity index (χ4n) is 7.70. The molecule has 2 aliphatic carbocycles. The third kappa shape index (κ3) is 8.96. The van der Waals surface area contributed by atoms with E-state index in [9.17, 15) is 5.26 Å². The summed E-state index contributed by atoms with van der Waals surface area (Å²) in [6, 6.07) is 21.7. The van der Waals surface area contributed by atoms with E-state index in [4.69, 9.17) is 0 Å². The smallest absolute Gasteiger partial charge is 0.0689 e. The van der Waals surface area contributed by atoms with Crippen molar-refractivity contribution in [2.45, 2.75) is 154 Å². The van der Waals surface area contributed by atoms with E-state index in [1.54, 1.807) is 5.56 Å². The maximum absolute atomic E-state index is 9.98. The standard InChI is InChI=1S/C39H57N/c1-3-5-7-9-11-13-32-14-16-33(17-15-32)34-18-20-35(21-19-34)36-22-24-37(25-23-36)38-26-29-39(31-40,30-27-38)28-12-10-8-6-4-2/h18-25,32-33,38H,3-17,26-30H2,1-2H3. The Balaban J connectivity index is 1.22. The first-order chi connectivity index (χ1) is 19.7. The molecule has 0 aromatic heterocycles. The second kappa shape index (κ2) is 16.4. The van der Waals surface area contributed by atoms with Gasteiger partial charge in [-0.3, -0.25) is 0 Å². The summed E-state index contributed by atoms with van der Waals surface area (Å²) in [6.07, 6.45) is 26.2. The Morgan fingerprint density at radius 1 is 0.600 bits per heavy atom. The van der Waals surface area contributed by atoms with E-state index >= 15 is 0 Å². The Hall–Kier alpha value is -2.07. The Labute approximate surface area is 247 Å². The summed E-state index contributed by atoms with van der Waals surface area (Å²) in [6.45, 7) is 4.57. The lowest BCUT2D eigenvalue weighted by Gasteiger charge is -2.35. The van der Waals surface area contributed by atoms with Crippen LogP contribution in [-0.4, -0.2) is 0 Å². The fraction of sp³-hybridized carbons (Fsp3) is 0.667. The number of benzene rings is 2. The second-order valence-electron chi connectivity index (χ2n) is 13.5. The normalized spacial score (nSPS) is 25.0. The molecule has 40 heavy (non-hydrogen) atoms. The molecule has 1 nitrogen and oxygen atoms in total. The van der Waals surface area contributed by atoms with Crippen LogP contribution in [0.4, 0.5) is 0 Å². The van der Waals surface area contributed by atoms with Crippen molar-refractivity contribution in [2.24, 2.45) is 11.3 Å². The highest BCUT2D eigenvalue weighted by molar-refractivity contribution is 5.64. The van der Waals surface area contributed by atoms with Crippen molar-refractivity contribution in [2.75, 3.05) is 0 Å². The molecule has 2 saturated carbocycles. The summed E-state index contributed by atoms with van der Waals surface area (Å²) in [5.74, 6) is 2.35. The van der Waals surface area contributed by atoms with E-state index < -0.39 is 0 Å². The van der Waals surface area contributed by atoms with Gasteiger partial charge in [0, 0.05) is 0 Å². The third-order valence-electron chi connectivity index (χ3n) is 10.6. The van der Waals surface area contributed by atoms with Crippen LogP contribution in [0.15, 0.2) is 48.5 Å². The van der Waals surface area contributed by atoms with E-state index in [-0.39, 0.29) is 5.41 Å². The summed E-state index contributed by atoms with van der Waals surface area (Å²) < 4.78 is 0. The predicted octanol–water partition coefficient (Wildman–Crippen LogP) is 12.5. The molecular formula is C39H57N. The van der Waals surface area contributed by atoms with Crippen LogP contribution in [0.1, 0.15) is 165 Å². The summed E-state index contributed by atoms with van der Waals surface area (Å²) in [4.78, 5) is 0. The molecule has 218 valence electrons. The SMILES string of the molecule is CCCCCCCC1CCC(c2ccc(-c3ccc(C4CCC(C#N)(CCCCCCC)CC4)cc3)cc2)CC1. The van der Waals surface area contributed by atoms with Gasteiger partial charge in [0.05, 0.1) is 11.5 Å². The molecule has 0 atom stereocenters. The molecule has 0 N–H and O–H groups in total. The molecule has 0 bridgehead atoms. The lowest BCUT2D eigenvalue weighted by molar-refractivity contribution is 0.223. The highest BCUT2D eigenvalue weighted by atomic mass is 14.4. The Morgan fingerprint density at radius 3 is 1.57 bits per heavy atom. The number of nitrogens with zero attached hydrogens (tertiary/aromatic N) is 1. The van der Waals surface area contributed by atoms with E-state index in [2.05, 4.69) is 68.4 Å². The molecule has 0 saturated heterocycles. The van der Waals surface area contributed by atoms with Crippen LogP contribution in [0.25, 0.3) is 11.1 Å². The van der Waals surface area contributed by atoms with Gasteiger partial charge < -0.3 is 0 Å². The molecule has 2 aromatic rings. The van der Waals surface area contributed by atoms with Crippen LogP contribution in [-0.2, 0) is 0 Å². The predicted molar refractivity (Wildman–Crippen MR) is 173 cm³/mol. The quantitative estimate of drug-likeness (QED) is 0.206. The van der Waals surface area contributed by atoms with Crippen molar-refractivity contribution in [3.63, 3.8) is 0 Å². The van der Waals surface area contributed by atoms with Gasteiger partial charge in [-0.25, -0.2) is 0 Å².